The van der Waals surface area contributed by atoms with Gasteiger partial charge in [0.1, 0.15) is 0 Å². The van der Waals surface area contributed by atoms with Gasteiger partial charge in [0, 0.05) is 25.5 Å². The molecule has 0 N–H and O–H groups in total. The Morgan fingerprint density at radius 1 is 1.06 bits per heavy atom. The second kappa shape index (κ2) is 10.1. The number of rotatable bonds is 1. The molecule has 98 valence electrons. The van der Waals surface area contributed by atoms with Crippen LogP contribution >= 0.6 is 0 Å². The van der Waals surface area contributed by atoms with Crippen molar-refractivity contribution >= 4 is 5.95 Å². The largest absolute Gasteiger partial charge is 0.341 e. The van der Waals surface area contributed by atoms with Crippen LogP contribution in [0.4, 0.5) is 5.95 Å². The predicted octanol–water partition coefficient (Wildman–Crippen LogP) is 3.83. The third kappa shape index (κ3) is 6.25. The van der Waals surface area contributed by atoms with Crippen molar-refractivity contribution in [1.29, 1.82) is 0 Å². The zero-order valence-corrected chi connectivity index (χ0v) is 12.0. The van der Waals surface area contributed by atoms with Gasteiger partial charge in [-0.15, -0.1) is 0 Å². The molecule has 1 aliphatic heterocycles. The van der Waals surface area contributed by atoms with Crippen LogP contribution in [0.2, 0.25) is 0 Å². The first-order valence-electron chi connectivity index (χ1n) is 6.81. The van der Waals surface area contributed by atoms with E-state index in [1.165, 1.54) is 19.3 Å². The van der Waals surface area contributed by atoms with Crippen LogP contribution in [0, 0.1) is 6.92 Å². The number of aryl methyl sites for hydroxylation is 1. The lowest BCUT2D eigenvalue weighted by Crippen LogP contribution is -2.20. The monoisotopic (exact) mass is 237 g/mol. The first-order valence-corrected chi connectivity index (χ1v) is 6.81. The molecule has 0 unspecified atom stereocenters. The Balaban J connectivity index is 0.000000450. The standard InChI is InChI=1S/C9H13N3.C3H8.C2H6/c1-8-6-10-9(11-7-8)12-4-2-3-5-12;1-3-2;1-2/h6-7H,2-5H2,1H3;3H2,1-2H3;1-2H3. The minimum Gasteiger partial charge on any atom is -0.341 e. The Kier molecular flexibility index (Phi) is 9.40. The third-order valence-electron chi connectivity index (χ3n) is 2.16. The summed E-state index contributed by atoms with van der Waals surface area (Å²) >= 11 is 0. The summed E-state index contributed by atoms with van der Waals surface area (Å²) in [4.78, 5) is 10.8. The Bertz CT molecular complexity index is 263. The minimum atomic E-state index is 0.887. The molecule has 0 aliphatic carbocycles. The molecule has 3 heteroatoms. The van der Waals surface area contributed by atoms with Crippen molar-refractivity contribution in [2.75, 3.05) is 18.0 Å². The highest BCUT2D eigenvalue weighted by molar-refractivity contribution is 5.30. The number of hydrogen-bond donors (Lipinski definition) is 0. The third-order valence-corrected chi connectivity index (χ3v) is 2.16. The maximum atomic E-state index is 4.28. The van der Waals surface area contributed by atoms with E-state index < -0.39 is 0 Å². The first kappa shape index (κ1) is 15.9. The van der Waals surface area contributed by atoms with E-state index >= 15 is 0 Å². The van der Waals surface area contributed by atoms with E-state index in [9.17, 15) is 0 Å². The van der Waals surface area contributed by atoms with Crippen LogP contribution in [0.3, 0.4) is 0 Å². The fraction of sp³-hybridized carbons (Fsp3) is 0.714. The molecule has 1 saturated heterocycles. The molecule has 0 aromatic carbocycles. The fourth-order valence-electron chi connectivity index (χ4n) is 1.47. The molecule has 17 heavy (non-hydrogen) atoms. The molecule has 0 radical (unpaired) electrons. The smallest absolute Gasteiger partial charge is 0.225 e. The van der Waals surface area contributed by atoms with E-state index in [4.69, 9.17) is 0 Å². The van der Waals surface area contributed by atoms with Gasteiger partial charge in [-0.25, -0.2) is 9.97 Å². The Labute approximate surface area is 106 Å². The topological polar surface area (TPSA) is 29.0 Å². The van der Waals surface area contributed by atoms with Crippen LogP contribution in [0.5, 0.6) is 0 Å². The SMILES string of the molecule is CC.CCC.Cc1cnc(N2CCCC2)nc1. The van der Waals surface area contributed by atoms with Crippen molar-refractivity contribution in [3.8, 4) is 0 Å². The van der Waals surface area contributed by atoms with E-state index in [-0.39, 0.29) is 0 Å². The van der Waals surface area contributed by atoms with Crippen LogP contribution in [0.25, 0.3) is 0 Å². The molecule has 3 nitrogen and oxygen atoms in total. The number of nitrogens with zero attached hydrogens (tertiary/aromatic N) is 3. The van der Waals surface area contributed by atoms with E-state index in [1.807, 2.05) is 33.2 Å². The molecule has 1 aromatic rings. The van der Waals surface area contributed by atoms with Gasteiger partial charge < -0.3 is 4.90 Å². The maximum Gasteiger partial charge on any atom is 0.225 e. The van der Waals surface area contributed by atoms with Crippen LogP contribution in [0.15, 0.2) is 12.4 Å². The van der Waals surface area contributed by atoms with E-state index in [0.29, 0.717) is 0 Å². The van der Waals surface area contributed by atoms with E-state index in [0.717, 1.165) is 24.6 Å². The van der Waals surface area contributed by atoms with E-state index in [1.54, 1.807) is 0 Å². The van der Waals surface area contributed by atoms with Crippen molar-refractivity contribution in [1.82, 2.24) is 9.97 Å². The average Bonchev–Trinajstić information content (AvgIpc) is 2.87. The lowest BCUT2D eigenvalue weighted by atomic mass is 10.4. The van der Waals surface area contributed by atoms with Crippen molar-refractivity contribution in [2.24, 2.45) is 0 Å². The van der Waals surface area contributed by atoms with Crippen molar-refractivity contribution in [2.45, 2.75) is 53.9 Å². The Morgan fingerprint density at radius 3 is 1.88 bits per heavy atom. The number of aromatic nitrogens is 2. The number of hydrogen-bond acceptors (Lipinski definition) is 3. The summed E-state index contributed by atoms with van der Waals surface area (Å²) < 4.78 is 0. The van der Waals surface area contributed by atoms with Gasteiger partial charge in [0.15, 0.2) is 0 Å². The lowest BCUT2D eigenvalue weighted by molar-refractivity contribution is 0.894. The van der Waals surface area contributed by atoms with Crippen LogP contribution < -0.4 is 4.90 Å². The summed E-state index contributed by atoms with van der Waals surface area (Å²) in [7, 11) is 0. The molecular formula is C14H27N3. The summed E-state index contributed by atoms with van der Waals surface area (Å²) in [6.45, 7) is 12.5. The zero-order chi connectivity index (χ0) is 13.1. The van der Waals surface area contributed by atoms with Crippen LogP contribution in [0.1, 0.15) is 52.5 Å². The van der Waals surface area contributed by atoms with Gasteiger partial charge in [0.05, 0.1) is 0 Å². The fourth-order valence-corrected chi connectivity index (χ4v) is 1.47. The summed E-state index contributed by atoms with van der Waals surface area (Å²) in [6.07, 6.45) is 7.55. The summed E-state index contributed by atoms with van der Waals surface area (Å²) in [6, 6.07) is 0. The lowest BCUT2D eigenvalue weighted by Gasteiger charge is -2.13. The highest BCUT2D eigenvalue weighted by Gasteiger charge is 2.13. The summed E-state index contributed by atoms with van der Waals surface area (Å²) in [5, 5.41) is 0. The van der Waals surface area contributed by atoms with Crippen LogP contribution in [-0.2, 0) is 0 Å². The maximum absolute atomic E-state index is 4.28. The van der Waals surface area contributed by atoms with Gasteiger partial charge >= 0.3 is 0 Å². The molecule has 1 aliphatic rings. The van der Waals surface area contributed by atoms with Gasteiger partial charge in [0.25, 0.3) is 0 Å². The molecule has 2 heterocycles. The van der Waals surface area contributed by atoms with E-state index in [2.05, 4.69) is 28.7 Å². The molecule has 2 rings (SSSR count). The van der Waals surface area contributed by atoms with Crippen molar-refractivity contribution in [3.63, 3.8) is 0 Å². The molecular weight excluding hydrogens is 210 g/mol. The highest BCUT2D eigenvalue weighted by atomic mass is 15.3. The zero-order valence-electron chi connectivity index (χ0n) is 12.0. The van der Waals surface area contributed by atoms with Gasteiger partial charge in [-0.3, -0.25) is 0 Å². The quantitative estimate of drug-likeness (QED) is 0.743. The molecule has 0 saturated carbocycles. The van der Waals surface area contributed by atoms with Crippen LogP contribution in [-0.4, -0.2) is 23.1 Å². The molecule has 0 amide bonds. The average molecular weight is 237 g/mol. The summed E-state index contributed by atoms with van der Waals surface area (Å²) in [5.41, 5.74) is 1.12. The normalized spacial score (nSPS) is 13.4. The minimum absolute atomic E-state index is 0.887. The molecule has 0 atom stereocenters. The number of anilines is 1. The molecule has 0 spiro atoms. The van der Waals surface area contributed by atoms with Gasteiger partial charge in [-0.2, -0.15) is 0 Å². The van der Waals surface area contributed by atoms with Gasteiger partial charge in [0.2, 0.25) is 5.95 Å². The first-order chi connectivity index (χ1) is 8.27. The molecule has 1 aromatic heterocycles. The Hall–Kier alpha value is -1.12. The second-order valence-electron chi connectivity index (χ2n) is 3.96. The van der Waals surface area contributed by atoms with Gasteiger partial charge in [-0.1, -0.05) is 34.1 Å². The second-order valence-corrected chi connectivity index (χ2v) is 3.96. The van der Waals surface area contributed by atoms with Crippen molar-refractivity contribution < 1.29 is 0 Å². The predicted molar refractivity (Wildman–Crippen MR) is 75.5 cm³/mol. The summed E-state index contributed by atoms with van der Waals surface area (Å²) in [5.74, 6) is 0.887. The van der Waals surface area contributed by atoms with Gasteiger partial charge in [-0.05, 0) is 25.3 Å². The highest BCUT2D eigenvalue weighted by Crippen LogP contribution is 2.14. The van der Waals surface area contributed by atoms with Crippen molar-refractivity contribution in [3.05, 3.63) is 18.0 Å². The molecule has 1 fully saturated rings. The molecule has 0 bridgehead atoms. The Morgan fingerprint density at radius 2 is 1.47 bits per heavy atom.